The number of halogens is 1. The third-order valence-electron chi connectivity index (χ3n) is 4.51. The van der Waals surface area contributed by atoms with Gasteiger partial charge in [0.15, 0.2) is 0 Å². The molecular weight excluding hydrogens is 362 g/mol. The molecule has 1 aliphatic heterocycles. The molecule has 0 unspecified atom stereocenters. The van der Waals surface area contributed by atoms with Gasteiger partial charge in [0.05, 0.1) is 11.6 Å². The van der Waals surface area contributed by atoms with Gasteiger partial charge in [-0.15, -0.1) is 0 Å². The predicted octanol–water partition coefficient (Wildman–Crippen LogP) is 1.82. The Balaban J connectivity index is 2.00. The molecule has 1 fully saturated rings. The zero-order chi connectivity index (χ0) is 18.6. The predicted molar refractivity (Wildman–Crippen MR) is 99.3 cm³/mol. The van der Waals surface area contributed by atoms with E-state index in [9.17, 15) is 13.2 Å². The summed E-state index contributed by atoms with van der Waals surface area (Å²) < 4.78 is 27.0. The Hall–Kier alpha value is -1.15. The Labute approximate surface area is 155 Å². The summed E-state index contributed by atoms with van der Waals surface area (Å²) in [5, 5.41) is 0.249. The number of carbonyl (C=O) groups excluding carboxylic acids is 1. The van der Waals surface area contributed by atoms with Gasteiger partial charge in [0.1, 0.15) is 4.90 Å². The number of benzene rings is 1. The maximum atomic E-state index is 12.8. The van der Waals surface area contributed by atoms with E-state index in [-0.39, 0.29) is 15.8 Å². The summed E-state index contributed by atoms with van der Waals surface area (Å²) in [6, 6.07) is 4.97. The van der Waals surface area contributed by atoms with Crippen LogP contribution >= 0.6 is 11.6 Å². The van der Waals surface area contributed by atoms with Crippen LogP contribution in [0.5, 0.6) is 0 Å². The van der Waals surface area contributed by atoms with Gasteiger partial charge >= 0.3 is 0 Å². The van der Waals surface area contributed by atoms with Crippen LogP contribution in [0.15, 0.2) is 23.1 Å². The number of amides is 1. The molecule has 0 bridgehead atoms. The number of rotatable bonds is 6. The van der Waals surface area contributed by atoms with Crippen molar-refractivity contribution in [1.29, 1.82) is 0 Å². The second kappa shape index (κ2) is 8.49. The largest absolute Gasteiger partial charge is 0.342 e. The fourth-order valence-electron chi connectivity index (χ4n) is 2.95. The lowest BCUT2D eigenvalue weighted by Crippen LogP contribution is -2.51. The Morgan fingerprint density at radius 1 is 1.16 bits per heavy atom. The number of hydrogen-bond donors (Lipinski definition) is 0. The van der Waals surface area contributed by atoms with E-state index >= 15 is 0 Å². The minimum atomic E-state index is -3.61. The first-order valence-electron chi connectivity index (χ1n) is 8.56. The number of nitrogens with zero attached hydrogens (tertiary/aromatic N) is 3. The molecule has 0 aromatic heterocycles. The van der Waals surface area contributed by atoms with Gasteiger partial charge in [-0.25, -0.2) is 8.42 Å². The number of likely N-dealkylation sites (N-methyl/N-ethyl adjacent to an activating group) is 1. The van der Waals surface area contributed by atoms with Crippen molar-refractivity contribution < 1.29 is 13.2 Å². The van der Waals surface area contributed by atoms with Gasteiger partial charge in [-0.2, -0.15) is 4.31 Å². The molecule has 1 heterocycles. The molecule has 2 rings (SSSR count). The van der Waals surface area contributed by atoms with Gasteiger partial charge in [-0.1, -0.05) is 17.7 Å². The van der Waals surface area contributed by atoms with Gasteiger partial charge in [0.2, 0.25) is 15.9 Å². The summed E-state index contributed by atoms with van der Waals surface area (Å²) in [6.45, 7) is 9.29. The van der Waals surface area contributed by atoms with Crippen molar-refractivity contribution in [1.82, 2.24) is 14.1 Å². The zero-order valence-corrected chi connectivity index (χ0v) is 16.6. The van der Waals surface area contributed by atoms with E-state index in [0.717, 1.165) is 5.56 Å². The average molecular weight is 388 g/mol. The van der Waals surface area contributed by atoms with Crippen LogP contribution in [0.25, 0.3) is 0 Å². The topological polar surface area (TPSA) is 60.9 Å². The van der Waals surface area contributed by atoms with E-state index in [0.29, 0.717) is 45.8 Å². The van der Waals surface area contributed by atoms with Crippen LogP contribution in [-0.2, 0) is 14.8 Å². The highest BCUT2D eigenvalue weighted by Crippen LogP contribution is 2.26. The minimum absolute atomic E-state index is 0.0860. The molecule has 0 radical (unpaired) electrons. The Bertz CT molecular complexity index is 712. The zero-order valence-electron chi connectivity index (χ0n) is 15.0. The molecule has 1 amide bonds. The summed E-state index contributed by atoms with van der Waals surface area (Å²) in [5.41, 5.74) is 0.920. The van der Waals surface area contributed by atoms with Gasteiger partial charge in [-0.3, -0.25) is 9.69 Å². The van der Waals surface area contributed by atoms with Crippen molar-refractivity contribution in [2.45, 2.75) is 25.7 Å². The summed E-state index contributed by atoms with van der Waals surface area (Å²) in [4.78, 5) is 16.1. The maximum absolute atomic E-state index is 12.8. The Morgan fingerprint density at radius 3 is 2.28 bits per heavy atom. The van der Waals surface area contributed by atoms with E-state index in [1.54, 1.807) is 23.1 Å². The number of piperazine rings is 1. The lowest BCUT2D eigenvalue weighted by atomic mass is 10.2. The number of carbonyl (C=O) groups is 1. The van der Waals surface area contributed by atoms with Gasteiger partial charge in [0.25, 0.3) is 0 Å². The van der Waals surface area contributed by atoms with E-state index in [2.05, 4.69) is 0 Å². The van der Waals surface area contributed by atoms with Crippen LogP contribution in [0.3, 0.4) is 0 Å². The van der Waals surface area contributed by atoms with Crippen LogP contribution in [-0.4, -0.2) is 74.2 Å². The van der Waals surface area contributed by atoms with E-state index in [1.165, 1.54) is 4.31 Å². The summed E-state index contributed by atoms with van der Waals surface area (Å²) >= 11 is 6.13. The smallest absolute Gasteiger partial charge is 0.244 e. The molecule has 0 aliphatic carbocycles. The van der Waals surface area contributed by atoms with Crippen molar-refractivity contribution in [3.8, 4) is 0 Å². The molecule has 1 aromatic carbocycles. The molecule has 8 heteroatoms. The lowest BCUT2D eigenvalue weighted by Gasteiger charge is -2.34. The highest BCUT2D eigenvalue weighted by Gasteiger charge is 2.30. The van der Waals surface area contributed by atoms with Crippen molar-refractivity contribution in [3.63, 3.8) is 0 Å². The molecule has 1 saturated heterocycles. The molecule has 0 atom stereocenters. The average Bonchev–Trinajstić information content (AvgIpc) is 2.56. The SMILES string of the molecule is CCN(CC)C(=O)CN1CCN(S(=O)(=O)c2ccc(C)cc2Cl)CC1. The first kappa shape index (κ1) is 20.2. The molecule has 25 heavy (non-hydrogen) atoms. The second-order valence-corrected chi connectivity index (χ2v) is 8.49. The van der Waals surface area contributed by atoms with Gasteiger partial charge in [0, 0.05) is 39.3 Å². The molecule has 0 N–H and O–H groups in total. The minimum Gasteiger partial charge on any atom is -0.342 e. The summed E-state index contributed by atoms with van der Waals surface area (Å²) in [5.74, 6) is 0.0860. The van der Waals surface area contributed by atoms with Crippen molar-refractivity contribution >= 4 is 27.5 Å². The van der Waals surface area contributed by atoms with Crippen LogP contribution in [0.2, 0.25) is 5.02 Å². The fraction of sp³-hybridized carbons (Fsp3) is 0.588. The number of hydrogen-bond acceptors (Lipinski definition) is 4. The maximum Gasteiger partial charge on any atom is 0.244 e. The first-order chi connectivity index (χ1) is 11.8. The quantitative estimate of drug-likeness (QED) is 0.747. The highest BCUT2D eigenvalue weighted by atomic mass is 35.5. The summed E-state index contributed by atoms with van der Waals surface area (Å²) in [6.07, 6.45) is 0. The lowest BCUT2D eigenvalue weighted by molar-refractivity contribution is -0.132. The molecule has 0 spiro atoms. The third kappa shape index (κ3) is 4.73. The molecular formula is C17H26ClN3O3S. The van der Waals surface area contributed by atoms with Crippen molar-refractivity contribution in [2.75, 3.05) is 45.8 Å². The first-order valence-corrected chi connectivity index (χ1v) is 10.4. The Morgan fingerprint density at radius 2 is 1.76 bits per heavy atom. The number of aryl methyl sites for hydroxylation is 1. The van der Waals surface area contributed by atoms with Crippen molar-refractivity contribution in [3.05, 3.63) is 28.8 Å². The second-order valence-electron chi connectivity index (χ2n) is 6.18. The Kier molecular flexibility index (Phi) is 6.85. The normalized spacial score (nSPS) is 16.8. The van der Waals surface area contributed by atoms with E-state index < -0.39 is 10.0 Å². The van der Waals surface area contributed by atoms with Crippen LogP contribution < -0.4 is 0 Å². The van der Waals surface area contributed by atoms with Gasteiger partial charge in [-0.05, 0) is 38.5 Å². The molecule has 6 nitrogen and oxygen atoms in total. The van der Waals surface area contributed by atoms with Crippen LogP contribution in [0.4, 0.5) is 0 Å². The standard InChI is InChI=1S/C17H26ClN3O3S/c1-4-20(5-2)17(22)13-19-8-10-21(11-9-19)25(23,24)16-7-6-14(3)12-15(16)18/h6-7,12H,4-5,8-11,13H2,1-3H3. The molecule has 1 aromatic rings. The molecule has 1 aliphatic rings. The molecule has 140 valence electrons. The monoisotopic (exact) mass is 387 g/mol. The van der Waals surface area contributed by atoms with Crippen LogP contribution in [0, 0.1) is 6.92 Å². The van der Waals surface area contributed by atoms with E-state index in [4.69, 9.17) is 11.6 Å². The fourth-order valence-corrected chi connectivity index (χ4v) is 4.94. The van der Waals surface area contributed by atoms with Gasteiger partial charge < -0.3 is 4.90 Å². The van der Waals surface area contributed by atoms with Crippen molar-refractivity contribution in [2.24, 2.45) is 0 Å². The number of sulfonamides is 1. The highest BCUT2D eigenvalue weighted by molar-refractivity contribution is 7.89. The van der Waals surface area contributed by atoms with Crippen LogP contribution in [0.1, 0.15) is 19.4 Å². The van der Waals surface area contributed by atoms with E-state index in [1.807, 2.05) is 25.7 Å². The summed E-state index contributed by atoms with van der Waals surface area (Å²) in [7, 11) is -3.61. The third-order valence-corrected chi connectivity index (χ3v) is 6.89. The molecule has 0 saturated carbocycles.